The number of Topliss-reactive ketones (excluding diaryl/α,β-unsaturated/α-hetero) is 1. The predicted molar refractivity (Wildman–Crippen MR) is 154 cm³/mol. The second-order valence-electron chi connectivity index (χ2n) is 13.9. The number of esters is 1. The molecule has 1 aromatic heterocycles. The van der Waals surface area contributed by atoms with Crippen molar-refractivity contribution >= 4 is 40.1 Å². The number of carbonyl (C=O) groups excluding carboxylic acids is 2. The van der Waals surface area contributed by atoms with Gasteiger partial charge in [-0.1, -0.05) is 13.8 Å². The van der Waals surface area contributed by atoms with E-state index in [-0.39, 0.29) is 45.3 Å². The summed E-state index contributed by atoms with van der Waals surface area (Å²) in [7, 11) is 0. The highest BCUT2D eigenvalue weighted by molar-refractivity contribution is 5.95. The number of aromatic nitrogens is 2. The fourth-order valence-electron chi connectivity index (χ4n) is 9.91. The molecule has 4 unspecified atom stereocenters. The molecule has 4 aliphatic carbocycles. The highest BCUT2D eigenvalue weighted by atomic mass is 16.6. The van der Waals surface area contributed by atoms with E-state index in [0.29, 0.717) is 29.5 Å². The zero-order valence-electron chi connectivity index (χ0n) is 24.9. The molecule has 2 aromatic rings. The van der Waals surface area contributed by atoms with Crippen LogP contribution in [0, 0.1) is 50.5 Å². The maximum Gasteiger partial charge on any atom is 0.329 e. The van der Waals surface area contributed by atoms with E-state index >= 15 is 0 Å². The Morgan fingerprint density at radius 3 is 2.51 bits per heavy atom. The molecular weight excluding hydrogens is 556 g/mol. The summed E-state index contributed by atoms with van der Waals surface area (Å²) >= 11 is 0. The number of non-ortho nitro benzene ring substituents is 1. The van der Waals surface area contributed by atoms with Gasteiger partial charge >= 0.3 is 17.6 Å². The van der Waals surface area contributed by atoms with Gasteiger partial charge in [0.15, 0.2) is 5.52 Å². The number of carboxylic acid groups (broad SMARTS) is 1. The quantitative estimate of drug-likeness (QED) is 0.222. The molecule has 12 heteroatoms. The van der Waals surface area contributed by atoms with Crippen LogP contribution in [0.4, 0.5) is 11.4 Å². The van der Waals surface area contributed by atoms with Gasteiger partial charge < -0.3 is 15.2 Å². The standard InChI is InChI=1S/C31H40N4O8/c1-16(36)20-6-7-21-19-5-4-17-14-18(10-12-30(17,2)22(19)11-13-31(20,21)3)42-29(39)24(15-26(37)38)32-23-8-9-25(35(40)41)28-27(23)33-43-34-28/h8-9,17-22,24,32H,4-7,10-15H2,1-3H3,(H,37,38)/t17-,18-,19?,20?,21?,22?,24+,30+,31-/m1/s1. The minimum absolute atomic E-state index is 0.0306. The Balaban J connectivity index is 1.14. The van der Waals surface area contributed by atoms with Crippen LogP contribution in [0.1, 0.15) is 85.0 Å². The number of benzene rings is 1. The number of anilines is 1. The number of nitro benzene ring substituents is 1. The first-order valence-corrected chi connectivity index (χ1v) is 15.5. The van der Waals surface area contributed by atoms with Gasteiger partial charge in [0.25, 0.3) is 0 Å². The van der Waals surface area contributed by atoms with E-state index in [0.717, 1.165) is 57.8 Å². The van der Waals surface area contributed by atoms with Crippen LogP contribution < -0.4 is 5.32 Å². The largest absolute Gasteiger partial charge is 0.481 e. The number of carbonyl (C=O) groups is 3. The summed E-state index contributed by atoms with van der Waals surface area (Å²) in [6.07, 6.45) is 8.17. The number of aliphatic carboxylic acids is 1. The average molecular weight is 597 g/mol. The van der Waals surface area contributed by atoms with E-state index in [1.165, 1.54) is 12.1 Å². The number of hydrogen-bond acceptors (Lipinski definition) is 10. The molecule has 9 atom stereocenters. The van der Waals surface area contributed by atoms with Gasteiger partial charge in [0.05, 0.1) is 17.0 Å². The lowest BCUT2D eigenvalue weighted by molar-refractivity contribution is -0.383. The Hall–Kier alpha value is -3.57. The number of fused-ring (bicyclic) bond motifs is 6. The van der Waals surface area contributed by atoms with Gasteiger partial charge in [-0.2, -0.15) is 0 Å². The lowest BCUT2D eigenvalue weighted by Crippen LogP contribution is -2.54. The van der Waals surface area contributed by atoms with Crippen molar-refractivity contribution in [1.29, 1.82) is 0 Å². The summed E-state index contributed by atoms with van der Waals surface area (Å²) in [6.45, 7) is 6.55. The predicted octanol–water partition coefficient (Wildman–Crippen LogP) is 5.55. The van der Waals surface area contributed by atoms with Crippen molar-refractivity contribution in [3.8, 4) is 0 Å². The lowest BCUT2D eigenvalue weighted by Gasteiger charge is -2.61. The minimum atomic E-state index is -1.23. The third-order valence-corrected chi connectivity index (χ3v) is 12.0. The zero-order valence-corrected chi connectivity index (χ0v) is 24.9. The van der Waals surface area contributed by atoms with Gasteiger partial charge in [0.2, 0.25) is 5.52 Å². The molecule has 12 nitrogen and oxygen atoms in total. The van der Waals surface area contributed by atoms with Crippen molar-refractivity contribution in [2.24, 2.45) is 40.4 Å². The smallest absolute Gasteiger partial charge is 0.329 e. The van der Waals surface area contributed by atoms with Gasteiger partial charge in [0.1, 0.15) is 17.9 Å². The van der Waals surface area contributed by atoms with Gasteiger partial charge in [0, 0.05) is 12.0 Å². The van der Waals surface area contributed by atoms with Gasteiger partial charge in [-0.05, 0) is 116 Å². The highest BCUT2D eigenvalue weighted by Crippen LogP contribution is 2.67. The van der Waals surface area contributed by atoms with Crippen molar-refractivity contribution in [2.45, 2.75) is 97.1 Å². The first-order valence-electron chi connectivity index (χ1n) is 15.5. The summed E-state index contributed by atoms with van der Waals surface area (Å²) in [5.41, 5.74) is 0.0906. The number of nitro groups is 1. The Morgan fingerprint density at radius 2 is 1.79 bits per heavy atom. The van der Waals surface area contributed by atoms with Crippen LogP contribution in [0.5, 0.6) is 0 Å². The normalized spacial score (nSPS) is 35.7. The first kappa shape index (κ1) is 29.5. The Labute approximate surface area is 249 Å². The van der Waals surface area contributed by atoms with E-state index in [1.54, 1.807) is 6.92 Å². The number of nitrogens with zero attached hydrogens (tertiary/aromatic N) is 3. The molecule has 6 rings (SSSR count). The van der Waals surface area contributed by atoms with Crippen LogP contribution in [0.3, 0.4) is 0 Å². The van der Waals surface area contributed by atoms with Crippen LogP contribution in [-0.2, 0) is 19.1 Å². The number of ketones is 1. The van der Waals surface area contributed by atoms with Crippen LogP contribution in [-0.4, -0.2) is 50.2 Å². The Kier molecular flexibility index (Phi) is 7.45. The molecule has 0 amide bonds. The number of ether oxygens (including phenoxy) is 1. The highest BCUT2D eigenvalue weighted by Gasteiger charge is 2.61. The fourth-order valence-corrected chi connectivity index (χ4v) is 9.91. The van der Waals surface area contributed by atoms with Crippen LogP contribution >= 0.6 is 0 Å². The van der Waals surface area contributed by atoms with Crippen LogP contribution in [0.15, 0.2) is 16.8 Å². The van der Waals surface area contributed by atoms with Crippen LogP contribution in [0.2, 0.25) is 0 Å². The second kappa shape index (κ2) is 10.9. The molecule has 4 saturated carbocycles. The minimum Gasteiger partial charge on any atom is -0.481 e. The summed E-state index contributed by atoms with van der Waals surface area (Å²) in [6, 6.07) is 1.33. The van der Waals surface area contributed by atoms with Crippen molar-refractivity contribution in [3.63, 3.8) is 0 Å². The topological polar surface area (TPSA) is 175 Å². The van der Waals surface area contributed by atoms with E-state index in [9.17, 15) is 29.6 Å². The molecule has 0 aliphatic heterocycles. The molecule has 4 fully saturated rings. The molecule has 232 valence electrons. The van der Waals surface area contributed by atoms with Crippen molar-refractivity contribution < 1.29 is 33.8 Å². The van der Waals surface area contributed by atoms with Gasteiger partial charge in [-0.3, -0.25) is 19.7 Å². The number of nitrogens with one attached hydrogen (secondary N) is 1. The van der Waals surface area contributed by atoms with Crippen molar-refractivity contribution in [1.82, 2.24) is 10.3 Å². The molecule has 2 N–H and O–H groups in total. The number of carboxylic acids is 1. The van der Waals surface area contributed by atoms with Gasteiger partial charge in [-0.25, -0.2) is 9.42 Å². The maximum atomic E-state index is 13.4. The Bertz CT molecular complexity index is 1460. The molecule has 0 radical (unpaired) electrons. The molecule has 43 heavy (non-hydrogen) atoms. The van der Waals surface area contributed by atoms with E-state index < -0.39 is 29.3 Å². The molecule has 0 saturated heterocycles. The average Bonchev–Trinajstić information content (AvgIpc) is 3.57. The summed E-state index contributed by atoms with van der Waals surface area (Å²) in [5, 5.41) is 31.1. The first-order chi connectivity index (χ1) is 20.4. The number of rotatable bonds is 8. The van der Waals surface area contributed by atoms with E-state index in [4.69, 9.17) is 9.37 Å². The van der Waals surface area contributed by atoms with E-state index in [2.05, 4.69) is 29.5 Å². The summed E-state index contributed by atoms with van der Waals surface area (Å²) < 4.78 is 10.7. The van der Waals surface area contributed by atoms with E-state index in [1.807, 2.05) is 0 Å². The van der Waals surface area contributed by atoms with Crippen molar-refractivity contribution in [3.05, 3.63) is 22.2 Å². The van der Waals surface area contributed by atoms with Gasteiger partial charge in [-0.15, -0.1) is 0 Å². The third-order valence-electron chi connectivity index (χ3n) is 12.0. The molecular formula is C31H40N4O8. The van der Waals surface area contributed by atoms with Crippen molar-refractivity contribution in [2.75, 3.05) is 5.32 Å². The molecule has 1 heterocycles. The summed E-state index contributed by atoms with van der Waals surface area (Å²) in [5.74, 6) is 0.918. The fraction of sp³-hybridized carbons (Fsp3) is 0.710. The zero-order chi connectivity index (χ0) is 30.7. The SMILES string of the molecule is CC(=O)C1CCC2C3CC[C@@H]4C[C@H](OC(=O)[C@H](CC(=O)O)Nc5ccc([N+](=O)[O-])c6nonc56)CC[C@]4(C)C3CC[C@]12C. The molecule has 0 bridgehead atoms. The molecule has 4 aliphatic rings. The summed E-state index contributed by atoms with van der Waals surface area (Å²) in [4.78, 5) is 48.2. The van der Waals surface area contributed by atoms with Crippen LogP contribution in [0.25, 0.3) is 11.0 Å². The third kappa shape index (κ3) is 4.96. The monoisotopic (exact) mass is 596 g/mol. The Morgan fingerprint density at radius 1 is 1.07 bits per heavy atom. The second-order valence-corrected chi connectivity index (χ2v) is 13.9. The number of hydrogen-bond donors (Lipinski definition) is 2. The molecule has 1 aromatic carbocycles. The molecule has 0 spiro atoms. The lowest BCUT2D eigenvalue weighted by atomic mass is 9.44. The maximum absolute atomic E-state index is 13.4.